The summed E-state index contributed by atoms with van der Waals surface area (Å²) < 4.78 is 33.7. The average molecular weight is 800 g/mol. The zero-order chi connectivity index (χ0) is 40.7. The van der Waals surface area contributed by atoms with Crippen LogP contribution in [0, 0.1) is 0 Å². The van der Waals surface area contributed by atoms with Gasteiger partial charge < -0.3 is 27.9 Å². The van der Waals surface area contributed by atoms with Gasteiger partial charge in [0.15, 0.2) is 6.10 Å². The minimum Gasteiger partial charge on any atom is -0.756 e. The third-order valence-corrected chi connectivity index (χ3v) is 10.7. The summed E-state index contributed by atoms with van der Waals surface area (Å²) in [7, 11) is 1.15. The number of quaternary nitrogens is 1. The van der Waals surface area contributed by atoms with E-state index in [0.29, 0.717) is 23.9 Å². The van der Waals surface area contributed by atoms with Gasteiger partial charge in [0.1, 0.15) is 19.8 Å². The molecule has 9 nitrogen and oxygen atoms in total. The first-order chi connectivity index (χ1) is 26.5. The van der Waals surface area contributed by atoms with Crippen LogP contribution in [-0.4, -0.2) is 70.0 Å². The van der Waals surface area contributed by atoms with E-state index in [0.717, 1.165) is 44.9 Å². The van der Waals surface area contributed by atoms with E-state index in [1.807, 2.05) is 21.1 Å². The van der Waals surface area contributed by atoms with E-state index in [1.165, 1.54) is 116 Å². The molecule has 0 amide bonds. The maximum atomic E-state index is 12.6. The Morgan fingerprint density at radius 1 is 0.545 bits per heavy atom. The van der Waals surface area contributed by atoms with Crippen molar-refractivity contribution in [3.05, 3.63) is 24.3 Å². The molecular formula is C45H86NO8P. The molecular weight excluding hydrogens is 713 g/mol. The van der Waals surface area contributed by atoms with E-state index in [2.05, 4.69) is 38.2 Å². The number of esters is 2. The lowest BCUT2D eigenvalue weighted by molar-refractivity contribution is -0.870. The Morgan fingerprint density at radius 3 is 1.45 bits per heavy atom. The summed E-state index contributed by atoms with van der Waals surface area (Å²) in [5.74, 6) is -0.884. The van der Waals surface area contributed by atoms with Crippen LogP contribution < -0.4 is 4.89 Å². The summed E-state index contributed by atoms with van der Waals surface area (Å²) in [4.78, 5) is 37.3. The minimum absolute atomic E-state index is 0.0348. The number of hydrogen-bond donors (Lipinski definition) is 0. The van der Waals surface area contributed by atoms with E-state index in [4.69, 9.17) is 18.5 Å². The zero-order valence-corrected chi connectivity index (χ0v) is 37.3. The first kappa shape index (κ1) is 53.5. The highest BCUT2D eigenvalue weighted by Gasteiger charge is 2.21. The van der Waals surface area contributed by atoms with Crippen LogP contribution in [0.5, 0.6) is 0 Å². The largest absolute Gasteiger partial charge is 0.756 e. The van der Waals surface area contributed by atoms with Crippen LogP contribution in [-0.2, 0) is 32.7 Å². The minimum atomic E-state index is -4.62. The summed E-state index contributed by atoms with van der Waals surface area (Å²) in [5, 5.41) is 0. The Labute approximate surface area is 339 Å². The van der Waals surface area contributed by atoms with Gasteiger partial charge in [-0.15, -0.1) is 0 Å². The summed E-state index contributed by atoms with van der Waals surface area (Å²) in [6, 6.07) is 0. The van der Waals surface area contributed by atoms with E-state index in [1.54, 1.807) is 0 Å². The van der Waals surface area contributed by atoms with Gasteiger partial charge >= 0.3 is 11.9 Å². The smallest absolute Gasteiger partial charge is 0.306 e. The van der Waals surface area contributed by atoms with Gasteiger partial charge in [0, 0.05) is 12.8 Å². The van der Waals surface area contributed by atoms with Gasteiger partial charge in [-0.25, -0.2) is 0 Å². The molecule has 0 aromatic heterocycles. The van der Waals surface area contributed by atoms with Crippen LogP contribution in [0.4, 0.5) is 0 Å². The molecule has 324 valence electrons. The number of nitrogens with zero attached hydrogens (tertiary/aromatic N) is 1. The summed E-state index contributed by atoms with van der Waals surface area (Å²) >= 11 is 0. The number of phosphoric acid groups is 1. The molecule has 0 radical (unpaired) electrons. The molecule has 0 bridgehead atoms. The predicted molar refractivity (Wildman–Crippen MR) is 227 cm³/mol. The standard InChI is InChI=1S/C45H86NO8P/c1-6-8-10-12-14-16-17-18-19-20-21-22-23-24-25-26-27-28-29-30-32-33-35-37-44(47)51-41-43(42-53-55(49,50)52-40-39-46(3,4)5)54-45(48)38-36-34-31-15-13-11-9-7-2/h26-27,30,32,43H,6-25,28-29,31,33-42H2,1-5H3/b27-26+,32-30+/t43-/m0/s1. The van der Waals surface area contributed by atoms with Gasteiger partial charge in [-0.05, 0) is 44.9 Å². The van der Waals surface area contributed by atoms with Gasteiger partial charge in [-0.2, -0.15) is 0 Å². The number of allylic oxidation sites excluding steroid dienone is 4. The third-order valence-electron chi connectivity index (χ3n) is 9.70. The maximum absolute atomic E-state index is 12.6. The fourth-order valence-corrected chi connectivity index (χ4v) is 6.87. The van der Waals surface area contributed by atoms with E-state index < -0.39 is 32.5 Å². The number of carbonyl (C=O) groups excluding carboxylic acids is 2. The highest BCUT2D eigenvalue weighted by Crippen LogP contribution is 2.38. The molecule has 2 atom stereocenters. The van der Waals surface area contributed by atoms with Crippen LogP contribution in [0.1, 0.15) is 200 Å². The molecule has 0 spiro atoms. The lowest BCUT2D eigenvalue weighted by Gasteiger charge is -2.28. The molecule has 55 heavy (non-hydrogen) atoms. The first-order valence-corrected chi connectivity index (χ1v) is 24.0. The average Bonchev–Trinajstić information content (AvgIpc) is 3.13. The number of unbranched alkanes of at least 4 members (excludes halogenated alkanes) is 23. The lowest BCUT2D eigenvalue weighted by atomic mass is 10.0. The summed E-state index contributed by atoms with van der Waals surface area (Å²) in [6.07, 6.45) is 41.0. The highest BCUT2D eigenvalue weighted by molar-refractivity contribution is 7.45. The highest BCUT2D eigenvalue weighted by atomic mass is 31.2. The Hall–Kier alpha value is -1.51. The number of carbonyl (C=O) groups is 2. The van der Waals surface area contributed by atoms with Crippen molar-refractivity contribution in [3.63, 3.8) is 0 Å². The zero-order valence-electron chi connectivity index (χ0n) is 36.4. The van der Waals surface area contributed by atoms with E-state index >= 15 is 0 Å². The maximum Gasteiger partial charge on any atom is 0.306 e. The van der Waals surface area contributed by atoms with Gasteiger partial charge in [-0.3, -0.25) is 14.2 Å². The third kappa shape index (κ3) is 41.9. The molecule has 0 aromatic rings. The van der Waals surface area contributed by atoms with Crippen molar-refractivity contribution in [2.75, 3.05) is 47.5 Å². The van der Waals surface area contributed by atoms with Gasteiger partial charge in [0.05, 0.1) is 27.7 Å². The fraction of sp³-hybridized carbons (Fsp3) is 0.867. The van der Waals surface area contributed by atoms with Crippen LogP contribution in [0.3, 0.4) is 0 Å². The molecule has 0 saturated carbocycles. The molecule has 1 unspecified atom stereocenters. The predicted octanol–water partition coefficient (Wildman–Crippen LogP) is 12.1. The van der Waals surface area contributed by atoms with Gasteiger partial charge in [-0.1, -0.05) is 167 Å². The van der Waals surface area contributed by atoms with E-state index in [-0.39, 0.29) is 26.1 Å². The molecule has 0 aromatic carbocycles. The van der Waals surface area contributed by atoms with Crippen molar-refractivity contribution in [3.8, 4) is 0 Å². The topological polar surface area (TPSA) is 111 Å². The van der Waals surface area contributed by atoms with Crippen LogP contribution in [0.15, 0.2) is 24.3 Å². The summed E-state index contributed by atoms with van der Waals surface area (Å²) in [6.45, 7) is 4.16. The molecule has 0 N–H and O–H groups in total. The van der Waals surface area contributed by atoms with Gasteiger partial charge in [0.25, 0.3) is 7.82 Å². The molecule has 0 fully saturated rings. The summed E-state index contributed by atoms with van der Waals surface area (Å²) in [5.41, 5.74) is 0. The van der Waals surface area contributed by atoms with Crippen molar-refractivity contribution >= 4 is 19.8 Å². The lowest BCUT2D eigenvalue weighted by Crippen LogP contribution is -2.37. The second-order valence-corrected chi connectivity index (χ2v) is 17.8. The molecule has 0 heterocycles. The molecule has 0 aliphatic rings. The van der Waals surface area contributed by atoms with E-state index in [9.17, 15) is 19.0 Å². The van der Waals surface area contributed by atoms with Crippen molar-refractivity contribution in [1.82, 2.24) is 0 Å². The number of likely N-dealkylation sites (N-methyl/N-ethyl adjacent to an activating group) is 1. The number of phosphoric ester groups is 1. The Balaban J connectivity index is 4.20. The second-order valence-electron chi connectivity index (χ2n) is 16.4. The Morgan fingerprint density at radius 2 is 0.964 bits per heavy atom. The van der Waals surface area contributed by atoms with Crippen molar-refractivity contribution < 1.29 is 42.1 Å². The Kier molecular flexibility index (Phi) is 37.0. The molecule has 0 saturated heterocycles. The SMILES string of the molecule is CCCCCCCCCCCCCCCC/C=C/CC/C=C/CCCC(=O)OC[C@@H](COP(=O)([O-])OCC[N+](C)(C)C)OC(=O)CCCCCCCCCC. The second kappa shape index (κ2) is 38.0. The number of hydrogen-bond acceptors (Lipinski definition) is 8. The fourth-order valence-electron chi connectivity index (χ4n) is 6.15. The molecule has 10 heteroatoms. The van der Waals surface area contributed by atoms with Crippen molar-refractivity contribution in [2.45, 2.75) is 206 Å². The first-order valence-electron chi connectivity index (χ1n) is 22.5. The normalized spacial score (nSPS) is 13.8. The van der Waals surface area contributed by atoms with Crippen LogP contribution in [0.25, 0.3) is 0 Å². The number of ether oxygens (including phenoxy) is 2. The molecule has 0 rings (SSSR count). The van der Waals surface area contributed by atoms with Crippen molar-refractivity contribution in [2.24, 2.45) is 0 Å². The molecule has 0 aliphatic heterocycles. The van der Waals surface area contributed by atoms with Crippen LogP contribution in [0.2, 0.25) is 0 Å². The number of rotatable bonds is 41. The van der Waals surface area contributed by atoms with Crippen molar-refractivity contribution in [1.29, 1.82) is 0 Å². The van der Waals surface area contributed by atoms with Gasteiger partial charge in [0.2, 0.25) is 0 Å². The van der Waals surface area contributed by atoms with Crippen LogP contribution >= 0.6 is 7.82 Å². The molecule has 0 aliphatic carbocycles. The quantitative estimate of drug-likeness (QED) is 0.0198. The Bertz CT molecular complexity index is 996. The monoisotopic (exact) mass is 800 g/mol.